The quantitative estimate of drug-likeness (QED) is 0.0370. The molecular formula is C62H94N2. The zero-order valence-electron chi connectivity index (χ0n) is 41.5. The summed E-state index contributed by atoms with van der Waals surface area (Å²) in [6.45, 7) is 6.93. The van der Waals surface area contributed by atoms with Crippen LogP contribution in [-0.4, -0.2) is 0 Å². The van der Waals surface area contributed by atoms with Crippen LogP contribution in [0.1, 0.15) is 265 Å². The standard InChI is InChI=1S/C62H94N2/c1-4-7-10-13-16-17-18-21-22-25-28-51-47-49-62(50-48-51,56-39-31-52(32-40-56)60(54-35-43-58(63)44-36-54)29-26-23-19-14-11-8-5-2)57-41-33-53(34-42-57)61(55-37-45-59(64)46-38-55)30-27-24-20-15-12-9-6-3/h31-46,51,60-61H,4-30,47-50,63-64H2,1-3H3. The molecule has 4 aromatic rings. The van der Waals surface area contributed by atoms with E-state index in [1.807, 2.05) is 0 Å². The van der Waals surface area contributed by atoms with Gasteiger partial charge < -0.3 is 11.5 Å². The first-order valence-corrected chi connectivity index (χ1v) is 27.4. The summed E-state index contributed by atoms with van der Waals surface area (Å²) >= 11 is 0. The van der Waals surface area contributed by atoms with E-state index < -0.39 is 0 Å². The lowest BCUT2D eigenvalue weighted by Crippen LogP contribution is -2.33. The first kappa shape index (κ1) is 51.5. The molecule has 64 heavy (non-hydrogen) atoms. The van der Waals surface area contributed by atoms with E-state index in [4.69, 9.17) is 11.5 Å². The van der Waals surface area contributed by atoms with Gasteiger partial charge in [-0.05, 0) is 102 Å². The first-order chi connectivity index (χ1) is 31.5. The lowest BCUT2D eigenvalue weighted by Gasteiger charge is -2.42. The van der Waals surface area contributed by atoms with Gasteiger partial charge in [-0.25, -0.2) is 0 Å². The molecule has 4 aromatic carbocycles. The average Bonchev–Trinajstić information content (AvgIpc) is 3.33. The summed E-state index contributed by atoms with van der Waals surface area (Å²) in [5.41, 5.74) is 22.9. The summed E-state index contributed by atoms with van der Waals surface area (Å²) in [7, 11) is 0. The van der Waals surface area contributed by atoms with Crippen molar-refractivity contribution in [2.45, 2.75) is 237 Å². The SMILES string of the molecule is CCCCCCCCCCCCC1CCC(c2ccc(C(CCCCCCCCC)c3ccc(N)cc3)cc2)(c2ccc(C(CCCCCCCCC)c3ccc(N)cc3)cc2)CC1. The van der Waals surface area contributed by atoms with Gasteiger partial charge in [-0.15, -0.1) is 0 Å². The number of hydrogen-bond acceptors (Lipinski definition) is 2. The molecule has 0 saturated heterocycles. The van der Waals surface area contributed by atoms with E-state index in [0.717, 1.165) is 17.3 Å². The number of nitrogens with two attached hydrogens (primary N) is 2. The molecule has 1 saturated carbocycles. The summed E-state index contributed by atoms with van der Waals surface area (Å²) in [6.07, 6.45) is 41.9. The van der Waals surface area contributed by atoms with Crippen LogP contribution in [0.4, 0.5) is 11.4 Å². The summed E-state index contributed by atoms with van der Waals surface area (Å²) in [5, 5.41) is 0. The second-order valence-electron chi connectivity index (χ2n) is 20.5. The molecule has 1 aliphatic rings. The Kier molecular flexibility index (Phi) is 24.0. The van der Waals surface area contributed by atoms with Crippen molar-refractivity contribution in [1.82, 2.24) is 0 Å². The maximum Gasteiger partial charge on any atom is 0.0314 e. The smallest absolute Gasteiger partial charge is 0.0314 e. The van der Waals surface area contributed by atoms with E-state index in [1.165, 1.54) is 232 Å². The zero-order chi connectivity index (χ0) is 45.1. The zero-order valence-corrected chi connectivity index (χ0v) is 41.5. The van der Waals surface area contributed by atoms with E-state index >= 15 is 0 Å². The Balaban J connectivity index is 1.33. The highest BCUT2D eigenvalue weighted by Crippen LogP contribution is 2.48. The molecule has 4 N–H and O–H groups in total. The third-order valence-electron chi connectivity index (χ3n) is 15.5. The van der Waals surface area contributed by atoms with Crippen LogP contribution in [0.3, 0.4) is 0 Å². The number of nitrogen functional groups attached to an aromatic ring is 2. The van der Waals surface area contributed by atoms with E-state index in [0.29, 0.717) is 11.8 Å². The molecule has 2 nitrogen and oxygen atoms in total. The first-order valence-electron chi connectivity index (χ1n) is 27.4. The predicted octanol–water partition coefficient (Wildman–Crippen LogP) is 19.2. The fraction of sp³-hybridized carbons (Fsp3) is 0.613. The van der Waals surface area contributed by atoms with Crippen LogP contribution in [0.2, 0.25) is 0 Å². The van der Waals surface area contributed by atoms with E-state index in [-0.39, 0.29) is 5.41 Å². The van der Waals surface area contributed by atoms with Gasteiger partial charge in [0.25, 0.3) is 0 Å². The maximum atomic E-state index is 6.20. The Morgan fingerprint density at radius 2 is 0.656 bits per heavy atom. The largest absolute Gasteiger partial charge is 0.399 e. The fourth-order valence-electron chi connectivity index (χ4n) is 11.3. The van der Waals surface area contributed by atoms with Crippen LogP contribution in [-0.2, 0) is 5.41 Å². The maximum absolute atomic E-state index is 6.20. The average molecular weight is 867 g/mol. The molecule has 0 spiro atoms. The number of rotatable bonds is 33. The molecule has 352 valence electrons. The molecule has 0 aliphatic heterocycles. The van der Waals surface area contributed by atoms with Gasteiger partial charge in [0.05, 0.1) is 0 Å². The van der Waals surface area contributed by atoms with Crippen molar-refractivity contribution in [3.8, 4) is 0 Å². The highest BCUT2D eigenvalue weighted by Gasteiger charge is 2.38. The monoisotopic (exact) mass is 867 g/mol. The van der Waals surface area contributed by atoms with Gasteiger partial charge in [-0.2, -0.15) is 0 Å². The van der Waals surface area contributed by atoms with E-state index in [2.05, 4.69) is 118 Å². The van der Waals surface area contributed by atoms with E-state index in [9.17, 15) is 0 Å². The van der Waals surface area contributed by atoms with Crippen LogP contribution in [0.5, 0.6) is 0 Å². The molecule has 1 fully saturated rings. The Morgan fingerprint density at radius 3 is 0.984 bits per heavy atom. The minimum atomic E-state index is 0.0513. The van der Waals surface area contributed by atoms with Crippen molar-refractivity contribution in [2.75, 3.05) is 11.5 Å². The molecule has 1 aliphatic carbocycles. The highest BCUT2D eigenvalue weighted by molar-refractivity contribution is 5.47. The molecule has 2 heteroatoms. The molecule has 2 unspecified atom stereocenters. The van der Waals surface area contributed by atoms with Crippen molar-refractivity contribution < 1.29 is 0 Å². The number of hydrogen-bond donors (Lipinski definition) is 2. The van der Waals surface area contributed by atoms with Crippen LogP contribution in [0.15, 0.2) is 97.1 Å². The van der Waals surface area contributed by atoms with Gasteiger partial charge in [0, 0.05) is 28.6 Å². The Bertz CT molecular complexity index is 1630. The Labute approximate surface area is 394 Å². The highest BCUT2D eigenvalue weighted by atomic mass is 14.5. The minimum Gasteiger partial charge on any atom is -0.399 e. The van der Waals surface area contributed by atoms with Crippen LogP contribution >= 0.6 is 0 Å². The number of benzene rings is 4. The van der Waals surface area contributed by atoms with Crippen LogP contribution in [0, 0.1) is 5.92 Å². The van der Waals surface area contributed by atoms with Gasteiger partial charge in [-0.1, -0.05) is 254 Å². The van der Waals surface area contributed by atoms with Crippen molar-refractivity contribution in [1.29, 1.82) is 0 Å². The van der Waals surface area contributed by atoms with Crippen molar-refractivity contribution >= 4 is 11.4 Å². The molecule has 5 rings (SSSR count). The van der Waals surface area contributed by atoms with Crippen molar-refractivity contribution in [3.63, 3.8) is 0 Å². The Morgan fingerprint density at radius 1 is 0.375 bits per heavy atom. The van der Waals surface area contributed by atoms with Gasteiger partial charge >= 0.3 is 0 Å². The van der Waals surface area contributed by atoms with E-state index in [1.54, 1.807) is 0 Å². The lowest BCUT2D eigenvalue weighted by atomic mass is 9.62. The van der Waals surface area contributed by atoms with Crippen molar-refractivity contribution in [2.24, 2.45) is 5.92 Å². The lowest BCUT2D eigenvalue weighted by molar-refractivity contribution is 0.250. The van der Waals surface area contributed by atoms with Crippen LogP contribution in [0.25, 0.3) is 0 Å². The van der Waals surface area contributed by atoms with Gasteiger partial charge in [0.2, 0.25) is 0 Å². The molecule has 0 amide bonds. The normalized spacial score (nSPS) is 17.4. The molecule has 0 aromatic heterocycles. The number of unbranched alkanes of at least 4 members (excludes halogenated alkanes) is 21. The van der Waals surface area contributed by atoms with Gasteiger partial charge in [-0.3, -0.25) is 0 Å². The summed E-state index contributed by atoms with van der Waals surface area (Å²) in [5.74, 6) is 1.66. The molecule has 0 radical (unpaired) electrons. The molecule has 0 heterocycles. The molecule has 0 bridgehead atoms. The minimum absolute atomic E-state index is 0.0513. The molecule has 2 atom stereocenters. The third-order valence-corrected chi connectivity index (χ3v) is 15.5. The second-order valence-corrected chi connectivity index (χ2v) is 20.5. The second kappa shape index (κ2) is 29.9. The van der Waals surface area contributed by atoms with Crippen molar-refractivity contribution in [3.05, 3.63) is 130 Å². The summed E-state index contributed by atoms with van der Waals surface area (Å²) in [6, 6.07) is 37.7. The fourth-order valence-corrected chi connectivity index (χ4v) is 11.3. The molecular weight excluding hydrogens is 773 g/mol. The predicted molar refractivity (Wildman–Crippen MR) is 283 cm³/mol. The topological polar surface area (TPSA) is 52.0 Å². The number of anilines is 2. The third kappa shape index (κ3) is 17.0. The van der Waals surface area contributed by atoms with Gasteiger partial charge in [0.1, 0.15) is 0 Å². The summed E-state index contributed by atoms with van der Waals surface area (Å²) in [4.78, 5) is 0. The summed E-state index contributed by atoms with van der Waals surface area (Å²) < 4.78 is 0. The van der Waals surface area contributed by atoms with Crippen LogP contribution < -0.4 is 11.5 Å². The van der Waals surface area contributed by atoms with Gasteiger partial charge in [0.15, 0.2) is 0 Å². The Hall–Kier alpha value is -3.52.